The predicted octanol–water partition coefficient (Wildman–Crippen LogP) is 3.12. The molecule has 2 nitrogen and oxygen atoms in total. The van der Waals surface area contributed by atoms with Gasteiger partial charge < -0.3 is 10.1 Å². The fraction of sp³-hybridized carbons (Fsp3) is 0.538. The molecule has 1 aromatic carbocycles. The highest BCUT2D eigenvalue weighted by molar-refractivity contribution is 5.23. The second kappa shape index (κ2) is 7.22. The first-order chi connectivity index (χ1) is 8.08. The van der Waals surface area contributed by atoms with Crippen LogP contribution in [0.25, 0.3) is 0 Å². The van der Waals surface area contributed by atoms with Crippen molar-refractivity contribution in [3.05, 3.63) is 29.8 Å². The summed E-state index contributed by atoms with van der Waals surface area (Å²) in [5, 5.41) is 3.29. The molecule has 0 saturated carbocycles. The van der Waals surface area contributed by atoms with Crippen molar-refractivity contribution in [2.45, 2.75) is 32.7 Å². The Labute approximate surface area is 101 Å². The number of rotatable bonds is 7. The zero-order valence-electron chi connectivity index (χ0n) is 10.3. The zero-order chi connectivity index (χ0) is 12.7. The molecule has 0 aliphatic heterocycles. The van der Waals surface area contributed by atoms with Crippen LogP contribution in [0.15, 0.2) is 18.2 Å². The second-order valence-electron chi connectivity index (χ2n) is 4.27. The van der Waals surface area contributed by atoms with Gasteiger partial charge in [0, 0.05) is 24.2 Å². The number of unbranched alkanes of at least 4 members (excludes halogenated alkanes) is 1. The van der Waals surface area contributed by atoms with Gasteiger partial charge in [-0.2, -0.15) is 0 Å². The lowest BCUT2D eigenvalue weighted by Crippen LogP contribution is -2.23. The van der Waals surface area contributed by atoms with E-state index in [1.165, 1.54) is 12.1 Å². The van der Waals surface area contributed by atoms with Crippen molar-refractivity contribution in [2.75, 3.05) is 13.2 Å². The second-order valence-corrected chi connectivity index (χ2v) is 4.27. The lowest BCUT2D eigenvalue weighted by Gasteiger charge is -2.09. The number of hydrogen-bond donors (Lipinski definition) is 1. The first-order valence-corrected chi connectivity index (χ1v) is 5.90. The number of halogens is 2. The van der Waals surface area contributed by atoms with Crippen molar-refractivity contribution in [1.82, 2.24) is 5.32 Å². The SMILES string of the molecule is CC(C)NCCCCOc1cc(F)cc(F)c1. The summed E-state index contributed by atoms with van der Waals surface area (Å²) < 4.78 is 30.9. The van der Waals surface area contributed by atoms with Crippen molar-refractivity contribution in [3.8, 4) is 5.75 Å². The van der Waals surface area contributed by atoms with E-state index >= 15 is 0 Å². The van der Waals surface area contributed by atoms with Gasteiger partial charge in [-0.15, -0.1) is 0 Å². The average molecular weight is 243 g/mol. The summed E-state index contributed by atoms with van der Waals surface area (Å²) in [6.07, 6.45) is 1.84. The molecule has 0 aliphatic carbocycles. The fourth-order valence-corrected chi connectivity index (χ4v) is 1.42. The zero-order valence-corrected chi connectivity index (χ0v) is 10.3. The van der Waals surface area contributed by atoms with Crippen molar-refractivity contribution in [1.29, 1.82) is 0 Å². The lowest BCUT2D eigenvalue weighted by atomic mass is 10.3. The monoisotopic (exact) mass is 243 g/mol. The minimum atomic E-state index is -0.610. The van der Waals surface area contributed by atoms with Gasteiger partial charge >= 0.3 is 0 Å². The van der Waals surface area contributed by atoms with Crippen LogP contribution >= 0.6 is 0 Å². The van der Waals surface area contributed by atoms with Crippen LogP contribution < -0.4 is 10.1 Å². The molecule has 0 bridgehead atoms. The normalized spacial score (nSPS) is 10.9. The quantitative estimate of drug-likeness (QED) is 0.743. The first kappa shape index (κ1) is 13.9. The van der Waals surface area contributed by atoms with Gasteiger partial charge in [0.05, 0.1) is 6.61 Å². The van der Waals surface area contributed by atoms with E-state index < -0.39 is 11.6 Å². The van der Waals surface area contributed by atoms with Crippen molar-refractivity contribution < 1.29 is 13.5 Å². The Morgan fingerprint density at radius 2 is 1.76 bits per heavy atom. The van der Waals surface area contributed by atoms with Crippen LogP contribution in [0.3, 0.4) is 0 Å². The van der Waals surface area contributed by atoms with Gasteiger partial charge in [0.25, 0.3) is 0 Å². The maximum Gasteiger partial charge on any atom is 0.129 e. The van der Waals surface area contributed by atoms with Crippen LogP contribution in [0.5, 0.6) is 5.75 Å². The number of hydrogen-bond acceptors (Lipinski definition) is 2. The third kappa shape index (κ3) is 6.22. The van der Waals surface area contributed by atoms with Crippen molar-refractivity contribution in [2.24, 2.45) is 0 Å². The molecule has 0 aromatic heterocycles. The molecule has 96 valence electrons. The van der Waals surface area contributed by atoms with Gasteiger partial charge in [-0.05, 0) is 19.4 Å². The van der Waals surface area contributed by atoms with Crippen LogP contribution in [-0.2, 0) is 0 Å². The maximum atomic E-state index is 12.8. The molecular formula is C13H19F2NO. The summed E-state index contributed by atoms with van der Waals surface area (Å²) >= 11 is 0. The Balaban J connectivity index is 2.18. The van der Waals surface area contributed by atoms with Crippen LogP contribution in [-0.4, -0.2) is 19.2 Å². The largest absolute Gasteiger partial charge is 0.493 e. The molecule has 0 radical (unpaired) electrons. The molecular weight excluding hydrogens is 224 g/mol. The molecule has 0 fully saturated rings. The van der Waals surface area contributed by atoms with E-state index in [0.29, 0.717) is 12.6 Å². The van der Waals surface area contributed by atoms with E-state index in [9.17, 15) is 8.78 Å². The van der Waals surface area contributed by atoms with E-state index in [2.05, 4.69) is 19.2 Å². The van der Waals surface area contributed by atoms with Crippen LogP contribution in [0, 0.1) is 11.6 Å². The van der Waals surface area contributed by atoms with Crippen LogP contribution in [0.2, 0.25) is 0 Å². The summed E-state index contributed by atoms with van der Waals surface area (Å²) in [7, 11) is 0. The van der Waals surface area contributed by atoms with E-state index in [-0.39, 0.29) is 5.75 Å². The van der Waals surface area contributed by atoms with E-state index in [1.54, 1.807) is 0 Å². The molecule has 17 heavy (non-hydrogen) atoms. The van der Waals surface area contributed by atoms with Crippen molar-refractivity contribution >= 4 is 0 Å². The molecule has 1 rings (SSSR count). The van der Waals surface area contributed by atoms with Gasteiger partial charge in [0.15, 0.2) is 0 Å². The van der Waals surface area contributed by atoms with Crippen LogP contribution in [0.4, 0.5) is 8.78 Å². The minimum absolute atomic E-state index is 0.249. The fourth-order valence-electron chi connectivity index (χ4n) is 1.42. The number of nitrogens with one attached hydrogen (secondary N) is 1. The van der Waals surface area contributed by atoms with Gasteiger partial charge in [-0.1, -0.05) is 13.8 Å². The van der Waals surface area contributed by atoms with Gasteiger partial charge in [0.1, 0.15) is 17.4 Å². The summed E-state index contributed by atoms with van der Waals surface area (Å²) in [5.74, 6) is -0.970. The molecule has 0 amide bonds. The molecule has 0 aliphatic rings. The Hall–Kier alpha value is -1.16. The standard InChI is InChI=1S/C13H19F2NO/c1-10(2)16-5-3-4-6-17-13-8-11(14)7-12(15)9-13/h7-10,16H,3-6H2,1-2H3. The Kier molecular flexibility index (Phi) is 5.91. The molecule has 0 heterocycles. The van der Waals surface area contributed by atoms with Gasteiger partial charge in [-0.3, -0.25) is 0 Å². The maximum absolute atomic E-state index is 12.8. The molecule has 0 spiro atoms. The summed E-state index contributed by atoms with van der Waals surface area (Å²) in [6, 6.07) is 3.69. The topological polar surface area (TPSA) is 21.3 Å². The van der Waals surface area contributed by atoms with Gasteiger partial charge in [0.2, 0.25) is 0 Å². The summed E-state index contributed by atoms with van der Waals surface area (Å²) in [4.78, 5) is 0. The smallest absolute Gasteiger partial charge is 0.129 e. The predicted molar refractivity (Wildman–Crippen MR) is 64.2 cm³/mol. The summed E-state index contributed by atoms with van der Waals surface area (Å²) in [6.45, 7) is 5.58. The lowest BCUT2D eigenvalue weighted by molar-refractivity contribution is 0.302. The third-order valence-electron chi connectivity index (χ3n) is 2.23. The highest BCUT2D eigenvalue weighted by Gasteiger charge is 2.01. The molecule has 0 unspecified atom stereocenters. The molecule has 0 saturated heterocycles. The number of ether oxygens (including phenoxy) is 1. The first-order valence-electron chi connectivity index (χ1n) is 5.90. The molecule has 0 atom stereocenters. The third-order valence-corrected chi connectivity index (χ3v) is 2.23. The van der Waals surface area contributed by atoms with Crippen LogP contribution in [0.1, 0.15) is 26.7 Å². The Bertz CT molecular complexity index is 322. The summed E-state index contributed by atoms with van der Waals surface area (Å²) in [5.41, 5.74) is 0. The van der Waals surface area contributed by atoms with Crippen molar-refractivity contribution in [3.63, 3.8) is 0 Å². The van der Waals surface area contributed by atoms with E-state index in [0.717, 1.165) is 25.5 Å². The minimum Gasteiger partial charge on any atom is -0.493 e. The van der Waals surface area contributed by atoms with E-state index in [1.807, 2.05) is 0 Å². The van der Waals surface area contributed by atoms with Gasteiger partial charge in [-0.25, -0.2) is 8.78 Å². The molecule has 4 heteroatoms. The molecule has 1 aromatic rings. The number of benzene rings is 1. The Morgan fingerprint density at radius 1 is 1.12 bits per heavy atom. The van der Waals surface area contributed by atoms with E-state index in [4.69, 9.17) is 4.74 Å². The molecule has 1 N–H and O–H groups in total. The highest BCUT2D eigenvalue weighted by Crippen LogP contribution is 2.15. The average Bonchev–Trinajstić information content (AvgIpc) is 2.21. The Morgan fingerprint density at radius 3 is 2.35 bits per heavy atom. The highest BCUT2D eigenvalue weighted by atomic mass is 19.1.